The Hall–Kier alpha value is -1.86. The van der Waals surface area contributed by atoms with E-state index in [1.165, 1.54) is 12.1 Å². The number of benzene rings is 1. The molecule has 1 aromatic carbocycles. The number of carbonyl (C=O) groups is 1. The molecule has 7 heteroatoms. The molecule has 0 aromatic heterocycles. The van der Waals surface area contributed by atoms with Crippen molar-refractivity contribution in [1.29, 1.82) is 0 Å². The van der Waals surface area contributed by atoms with E-state index in [9.17, 15) is 18.0 Å². The van der Waals surface area contributed by atoms with E-state index < -0.39 is 17.2 Å². The van der Waals surface area contributed by atoms with E-state index in [1.54, 1.807) is 11.0 Å². The SMILES string of the molecule is C=CCc1cc(C(F)(F)F)cc2c1CCN(C(=O)[C@@](C)(C[C@@H](CC)NC1CCOCC1)C(C)C)C2. The van der Waals surface area contributed by atoms with Gasteiger partial charge in [-0.2, -0.15) is 13.2 Å². The number of nitrogens with zero attached hydrogens (tertiary/aromatic N) is 1. The molecule has 1 aromatic rings. The third-order valence-electron chi connectivity index (χ3n) is 8.03. The normalized spacial score (nSPS) is 19.8. The number of alkyl halides is 3. The van der Waals surface area contributed by atoms with E-state index in [-0.39, 0.29) is 24.4 Å². The van der Waals surface area contributed by atoms with Crippen molar-refractivity contribution in [3.63, 3.8) is 0 Å². The van der Waals surface area contributed by atoms with Gasteiger partial charge in [-0.25, -0.2) is 0 Å². The molecule has 2 atom stereocenters. The lowest BCUT2D eigenvalue weighted by Gasteiger charge is -2.42. The van der Waals surface area contributed by atoms with Crippen LogP contribution < -0.4 is 5.32 Å². The topological polar surface area (TPSA) is 41.6 Å². The van der Waals surface area contributed by atoms with Gasteiger partial charge in [-0.05, 0) is 73.3 Å². The van der Waals surface area contributed by atoms with Crippen LogP contribution in [0.2, 0.25) is 0 Å². The average molecular weight is 495 g/mol. The molecule has 2 aliphatic rings. The first-order valence-corrected chi connectivity index (χ1v) is 13.0. The first-order chi connectivity index (χ1) is 16.5. The molecule has 0 unspecified atom stereocenters. The summed E-state index contributed by atoms with van der Waals surface area (Å²) in [5.41, 5.74) is 0.939. The number of carbonyl (C=O) groups excluding carboxylic acids is 1. The van der Waals surface area contributed by atoms with Crippen LogP contribution in [-0.2, 0) is 35.1 Å². The molecule has 2 aliphatic heterocycles. The molecule has 0 radical (unpaired) electrons. The number of hydrogen-bond acceptors (Lipinski definition) is 3. The number of halogens is 3. The highest BCUT2D eigenvalue weighted by molar-refractivity contribution is 5.83. The van der Waals surface area contributed by atoms with Crippen molar-refractivity contribution >= 4 is 5.91 Å². The van der Waals surface area contributed by atoms with Crippen molar-refractivity contribution < 1.29 is 22.7 Å². The van der Waals surface area contributed by atoms with Gasteiger partial charge in [0.1, 0.15) is 0 Å². The summed E-state index contributed by atoms with van der Waals surface area (Å²) >= 11 is 0. The molecule has 1 amide bonds. The van der Waals surface area contributed by atoms with Crippen LogP contribution in [0, 0.1) is 11.3 Å². The van der Waals surface area contributed by atoms with Crippen LogP contribution in [0.15, 0.2) is 24.8 Å². The largest absolute Gasteiger partial charge is 0.416 e. The van der Waals surface area contributed by atoms with E-state index in [1.807, 2.05) is 6.92 Å². The summed E-state index contributed by atoms with van der Waals surface area (Å²) < 4.78 is 46.2. The lowest BCUT2D eigenvalue weighted by atomic mass is 9.72. The van der Waals surface area contributed by atoms with Crippen LogP contribution in [0.4, 0.5) is 13.2 Å². The Morgan fingerprint density at radius 1 is 1.29 bits per heavy atom. The fourth-order valence-electron chi connectivity index (χ4n) is 5.43. The summed E-state index contributed by atoms with van der Waals surface area (Å²) in [5.74, 6) is 0.132. The smallest absolute Gasteiger partial charge is 0.381 e. The minimum atomic E-state index is -4.42. The van der Waals surface area contributed by atoms with Crippen molar-refractivity contribution in [2.24, 2.45) is 11.3 Å². The zero-order chi connectivity index (χ0) is 25.8. The van der Waals surface area contributed by atoms with Gasteiger partial charge in [0.15, 0.2) is 0 Å². The summed E-state index contributed by atoms with van der Waals surface area (Å²) in [6.07, 6.45) is 1.72. The Morgan fingerprint density at radius 2 is 1.97 bits per heavy atom. The molecule has 1 fully saturated rings. The first kappa shape index (κ1) is 27.7. The van der Waals surface area contributed by atoms with Crippen molar-refractivity contribution in [3.8, 4) is 0 Å². The van der Waals surface area contributed by atoms with Crippen molar-refractivity contribution in [1.82, 2.24) is 10.2 Å². The van der Waals surface area contributed by atoms with Crippen LogP contribution in [0.1, 0.15) is 75.6 Å². The van der Waals surface area contributed by atoms with E-state index in [2.05, 4.69) is 32.7 Å². The molecule has 0 bridgehead atoms. The monoisotopic (exact) mass is 494 g/mol. The summed E-state index contributed by atoms with van der Waals surface area (Å²) in [7, 11) is 0. The van der Waals surface area contributed by atoms with Crippen LogP contribution in [-0.4, -0.2) is 42.6 Å². The molecule has 0 saturated carbocycles. The second-order valence-electron chi connectivity index (χ2n) is 10.7. The number of ether oxygens (including phenoxy) is 1. The van der Waals surface area contributed by atoms with Crippen molar-refractivity contribution in [2.75, 3.05) is 19.8 Å². The molecular weight excluding hydrogens is 453 g/mol. The number of allylic oxidation sites excluding steroid dienone is 1. The highest BCUT2D eigenvalue weighted by Crippen LogP contribution is 2.39. The summed E-state index contributed by atoms with van der Waals surface area (Å²) in [5, 5.41) is 3.75. The number of nitrogens with one attached hydrogen (secondary N) is 1. The molecule has 0 aliphatic carbocycles. The predicted octanol–water partition coefficient (Wildman–Crippen LogP) is 5.92. The maximum Gasteiger partial charge on any atom is 0.416 e. The minimum absolute atomic E-state index is 0.0352. The van der Waals surface area contributed by atoms with Gasteiger partial charge >= 0.3 is 6.18 Å². The van der Waals surface area contributed by atoms with Gasteiger partial charge in [-0.1, -0.05) is 33.8 Å². The predicted molar refractivity (Wildman–Crippen MR) is 133 cm³/mol. The first-order valence-electron chi connectivity index (χ1n) is 13.0. The third kappa shape index (κ3) is 6.48. The number of hydrogen-bond donors (Lipinski definition) is 1. The molecular formula is C28H41F3N2O2. The van der Waals surface area contributed by atoms with Gasteiger partial charge in [0, 0.05) is 38.4 Å². The second kappa shape index (κ2) is 11.5. The van der Waals surface area contributed by atoms with Gasteiger partial charge in [-0.15, -0.1) is 6.58 Å². The van der Waals surface area contributed by atoms with Crippen LogP contribution in [0.25, 0.3) is 0 Å². The standard InChI is InChI=1S/C28H41F3N2O2/c1-6-8-20-15-22(28(29,30)31)16-21-18-33(12-9-25(20)21)26(34)27(5,19(3)4)17-23(7-2)32-24-10-13-35-14-11-24/h6,15-16,19,23-24,32H,1,7-14,17-18H2,2-5H3/t23-,27+/m1/s1. The van der Waals surface area contributed by atoms with E-state index in [4.69, 9.17) is 4.74 Å². The number of fused-ring (bicyclic) bond motifs is 1. The minimum Gasteiger partial charge on any atom is -0.381 e. The lowest BCUT2D eigenvalue weighted by molar-refractivity contribution is -0.146. The highest BCUT2D eigenvalue weighted by Gasteiger charge is 2.42. The summed E-state index contributed by atoms with van der Waals surface area (Å²) in [4.78, 5) is 15.7. The molecule has 35 heavy (non-hydrogen) atoms. The van der Waals surface area contributed by atoms with E-state index >= 15 is 0 Å². The molecule has 196 valence electrons. The lowest BCUT2D eigenvalue weighted by Crippen LogP contribution is -2.51. The van der Waals surface area contributed by atoms with Crippen LogP contribution in [0.5, 0.6) is 0 Å². The zero-order valence-electron chi connectivity index (χ0n) is 21.6. The highest BCUT2D eigenvalue weighted by atomic mass is 19.4. The molecule has 1 saturated heterocycles. The zero-order valence-corrected chi connectivity index (χ0v) is 21.6. The Kier molecular flexibility index (Phi) is 9.08. The Balaban J connectivity index is 1.82. The summed E-state index contributed by atoms with van der Waals surface area (Å²) in [6, 6.07) is 3.06. The fourth-order valence-corrected chi connectivity index (χ4v) is 5.43. The van der Waals surface area contributed by atoms with E-state index in [0.29, 0.717) is 43.0 Å². The maximum atomic E-state index is 13.9. The molecule has 3 rings (SSSR count). The Bertz CT molecular complexity index is 893. The molecule has 1 N–H and O–H groups in total. The average Bonchev–Trinajstić information content (AvgIpc) is 2.82. The number of amides is 1. The van der Waals surface area contributed by atoms with Crippen LogP contribution in [0.3, 0.4) is 0 Å². The van der Waals surface area contributed by atoms with Gasteiger partial charge < -0.3 is 15.0 Å². The van der Waals surface area contributed by atoms with Gasteiger partial charge in [0.05, 0.1) is 11.0 Å². The maximum absolute atomic E-state index is 13.9. The van der Waals surface area contributed by atoms with Crippen molar-refractivity contribution in [2.45, 2.75) is 91.0 Å². The number of rotatable bonds is 9. The van der Waals surface area contributed by atoms with Gasteiger partial charge in [0.25, 0.3) is 0 Å². The van der Waals surface area contributed by atoms with Gasteiger partial charge in [0.2, 0.25) is 5.91 Å². The Labute approximate surface area is 208 Å². The molecule has 4 nitrogen and oxygen atoms in total. The fraction of sp³-hybridized carbons (Fsp3) is 0.679. The third-order valence-corrected chi connectivity index (χ3v) is 8.03. The summed E-state index contributed by atoms with van der Waals surface area (Å²) in [6.45, 7) is 14.3. The quantitative estimate of drug-likeness (QED) is 0.434. The second-order valence-corrected chi connectivity index (χ2v) is 10.7. The van der Waals surface area contributed by atoms with E-state index in [0.717, 1.165) is 38.0 Å². The molecule has 2 heterocycles. The van der Waals surface area contributed by atoms with Crippen molar-refractivity contribution in [3.05, 3.63) is 47.0 Å². The molecule has 0 spiro atoms. The Morgan fingerprint density at radius 3 is 2.54 bits per heavy atom. The van der Waals surface area contributed by atoms with Gasteiger partial charge in [-0.3, -0.25) is 4.79 Å². The van der Waals surface area contributed by atoms with Crippen LogP contribution >= 0.6 is 0 Å².